The number of unbranched alkanes of at least 4 members (excludes halogenated alkanes) is 2. The van der Waals surface area contributed by atoms with Gasteiger partial charge < -0.3 is 15.0 Å². The molecule has 0 saturated carbocycles. The smallest absolute Gasteiger partial charge is 0.259 e. The molecule has 1 amide bonds. The van der Waals surface area contributed by atoms with E-state index >= 15 is 0 Å². The second kappa shape index (κ2) is 7.48. The fourth-order valence-electron chi connectivity index (χ4n) is 2.99. The van der Waals surface area contributed by atoms with E-state index < -0.39 is 0 Å². The standard InChI is InChI=1S/C18H22N4O3/c1-2-3-6-9-21(10-11-23)18(25)14-12-19-22-15-8-5-4-7-13(15)17(24)20-16(14)22/h4-5,7-8,12,23H,2-3,6,9-11H2,1H3,(H,20,24). The van der Waals surface area contributed by atoms with Crippen LogP contribution in [0.15, 0.2) is 35.3 Å². The summed E-state index contributed by atoms with van der Waals surface area (Å²) in [5.41, 5.74) is 1.12. The van der Waals surface area contributed by atoms with Crippen molar-refractivity contribution >= 4 is 22.5 Å². The van der Waals surface area contributed by atoms with Crippen LogP contribution in [-0.4, -0.2) is 50.2 Å². The molecule has 0 aliphatic heterocycles. The minimum atomic E-state index is -0.252. The quantitative estimate of drug-likeness (QED) is 0.641. The van der Waals surface area contributed by atoms with Crippen LogP contribution < -0.4 is 5.56 Å². The van der Waals surface area contributed by atoms with E-state index in [0.29, 0.717) is 28.7 Å². The molecular formula is C18H22N4O3. The van der Waals surface area contributed by atoms with Crippen LogP contribution >= 0.6 is 0 Å². The average molecular weight is 342 g/mol. The summed E-state index contributed by atoms with van der Waals surface area (Å²) in [6.07, 6.45) is 4.42. The second-order valence-electron chi connectivity index (χ2n) is 6.01. The number of H-pyrrole nitrogens is 1. The Hall–Kier alpha value is -2.67. The molecule has 0 bridgehead atoms. The van der Waals surface area contributed by atoms with Crippen LogP contribution in [0.1, 0.15) is 36.5 Å². The van der Waals surface area contributed by atoms with Crippen LogP contribution in [0.25, 0.3) is 16.6 Å². The number of aliphatic hydroxyl groups is 1. The molecule has 3 rings (SSSR count). The Labute approximate surface area is 144 Å². The number of carbonyl (C=O) groups is 1. The van der Waals surface area contributed by atoms with Gasteiger partial charge in [0.1, 0.15) is 11.2 Å². The lowest BCUT2D eigenvalue weighted by molar-refractivity contribution is 0.0720. The predicted octanol–water partition coefficient (Wildman–Crippen LogP) is 1.80. The molecule has 0 atom stereocenters. The first kappa shape index (κ1) is 17.2. The number of aliphatic hydroxyl groups excluding tert-OH is 1. The molecule has 132 valence electrons. The Kier molecular flexibility index (Phi) is 5.14. The Bertz CT molecular complexity index is 944. The van der Waals surface area contributed by atoms with E-state index in [1.54, 1.807) is 27.6 Å². The van der Waals surface area contributed by atoms with Crippen molar-refractivity contribution in [1.82, 2.24) is 19.5 Å². The van der Waals surface area contributed by atoms with Crippen molar-refractivity contribution in [2.45, 2.75) is 26.2 Å². The Morgan fingerprint density at radius 1 is 1.28 bits per heavy atom. The zero-order valence-electron chi connectivity index (χ0n) is 14.2. The number of aromatic amines is 1. The van der Waals surface area contributed by atoms with Gasteiger partial charge in [-0.25, -0.2) is 4.52 Å². The van der Waals surface area contributed by atoms with E-state index in [-0.39, 0.29) is 24.6 Å². The monoisotopic (exact) mass is 342 g/mol. The molecule has 0 aliphatic carbocycles. The van der Waals surface area contributed by atoms with Gasteiger partial charge in [0.2, 0.25) is 0 Å². The summed E-state index contributed by atoms with van der Waals surface area (Å²) in [6, 6.07) is 7.13. The van der Waals surface area contributed by atoms with Gasteiger partial charge in [-0.2, -0.15) is 5.10 Å². The summed E-state index contributed by atoms with van der Waals surface area (Å²) in [4.78, 5) is 29.6. The maximum atomic E-state index is 12.9. The number of nitrogens with one attached hydrogen (secondary N) is 1. The van der Waals surface area contributed by atoms with Crippen LogP contribution in [0.3, 0.4) is 0 Å². The SMILES string of the molecule is CCCCCN(CCO)C(=O)c1cnn2c1[nH]c(=O)c1ccccc12. The number of aromatic nitrogens is 3. The van der Waals surface area contributed by atoms with E-state index in [9.17, 15) is 14.7 Å². The Morgan fingerprint density at radius 3 is 2.84 bits per heavy atom. The fraction of sp³-hybridized carbons (Fsp3) is 0.389. The number of hydrogen-bond acceptors (Lipinski definition) is 4. The molecular weight excluding hydrogens is 320 g/mol. The van der Waals surface area contributed by atoms with Crippen molar-refractivity contribution in [2.75, 3.05) is 19.7 Å². The third kappa shape index (κ3) is 3.28. The lowest BCUT2D eigenvalue weighted by atomic mass is 10.2. The van der Waals surface area contributed by atoms with Gasteiger partial charge in [-0.05, 0) is 18.6 Å². The van der Waals surface area contributed by atoms with E-state index in [0.717, 1.165) is 19.3 Å². The molecule has 0 aliphatic rings. The lowest BCUT2D eigenvalue weighted by Gasteiger charge is -2.21. The van der Waals surface area contributed by atoms with E-state index in [1.807, 2.05) is 6.07 Å². The van der Waals surface area contributed by atoms with Crippen LogP contribution in [0.4, 0.5) is 0 Å². The molecule has 7 heteroatoms. The largest absolute Gasteiger partial charge is 0.395 e. The second-order valence-corrected chi connectivity index (χ2v) is 6.01. The lowest BCUT2D eigenvalue weighted by Crippen LogP contribution is -2.34. The van der Waals surface area contributed by atoms with Gasteiger partial charge in [-0.3, -0.25) is 9.59 Å². The van der Waals surface area contributed by atoms with Gasteiger partial charge in [-0.15, -0.1) is 0 Å². The first-order chi connectivity index (χ1) is 12.2. The van der Waals surface area contributed by atoms with Crippen LogP contribution in [-0.2, 0) is 0 Å². The van der Waals surface area contributed by atoms with Crippen LogP contribution in [0, 0.1) is 0 Å². The molecule has 25 heavy (non-hydrogen) atoms. The normalized spacial score (nSPS) is 11.3. The topological polar surface area (TPSA) is 90.7 Å². The van der Waals surface area contributed by atoms with Gasteiger partial charge in [0.05, 0.1) is 23.7 Å². The number of nitrogens with zero attached hydrogens (tertiary/aromatic N) is 3. The molecule has 3 aromatic rings. The van der Waals surface area contributed by atoms with Gasteiger partial charge in [0.15, 0.2) is 0 Å². The highest BCUT2D eigenvalue weighted by molar-refractivity contribution is 6.00. The van der Waals surface area contributed by atoms with Gasteiger partial charge in [-0.1, -0.05) is 31.9 Å². The summed E-state index contributed by atoms with van der Waals surface area (Å²) in [6.45, 7) is 2.83. The van der Waals surface area contributed by atoms with E-state index in [4.69, 9.17) is 0 Å². The minimum Gasteiger partial charge on any atom is -0.395 e. The van der Waals surface area contributed by atoms with Crippen LogP contribution in [0.2, 0.25) is 0 Å². The van der Waals surface area contributed by atoms with Crippen LogP contribution in [0.5, 0.6) is 0 Å². The zero-order chi connectivity index (χ0) is 17.8. The molecule has 1 aromatic carbocycles. The maximum absolute atomic E-state index is 12.9. The first-order valence-electron chi connectivity index (χ1n) is 8.56. The number of amides is 1. The number of rotatable bonds is 7. The van der Waals surface area contributed by atoms with E-state index in [1.165, 1.54) is 6.20 Å². The van der Waals surface area contributed by atoms with Crippen molar-refractivity contribution in [3.63, 3.8) is 0 Å². The van der Waals surface area contributed by atoms with Gasteiger partial charge >= 0.3 is 0 Å². The number of benzene rings is 1. The Balaban J connectivity index is 2.02. The molecule has 7 nitrogen and oxygen atoms in total. The third-order valence-electron chi connectivity index (χ3n) is 4.30. The highest BCUT2D eigenvalue weighted by Gasteiger charge is 2.21. The summed E-state index contributed by atoms with van der Waals surface area (Å²) >= 11 is 0. The molecule has 2 aromatic heterocycles. The maximum Gasteiger partial charge on any atom is 0.259 e. The molecule has 0 unspecified atom stereocenters. The fourth-order valence-corrected chi connectivity index (χ4v) is 2.99. The molecule has 0 spiro atoms. The van der Waals surface area contributed by atoms with Crippen molar-refractivity contribution in [2.24, 2.45) is 0 Å². The Morgan fingerprint density at radius 2 is 2.08 bits per heavy atom. The van der Waals surface area contributed by atoms with Crippen molar-refractivity contribution < 1.29 is 9.90 Å². The molecule has 0 saturated heterocycles. The molecule has 0 radical (unpaired) electrons. The number of carbonyl (C=O) groups excluding carboxylic acids is 1. The number of fused-ring (bicyclic) bond motifs is 3. The van der Waals surface area contributed by atoms with Gasteiger partial charge in [0.25, 0.3) is 11.5 Å². The number of hydrogen-bond donors (Lipinski definition) is 2. The third-order valence-corrected chi connectivity index (χ3v) is 4.30. The summed E-state index contributed by atoms with van der Waals surface area (Å²) < 4.78 is 1.58. The highest BCUT2D eigenvalue weighted by Crippen LogP contribution is 2.16. The van der Waals surface area contributed by atoms with Gasteiger partial charge in [0, 0.05) is 13.1 Å². The molecule has 2 N–H and O–H groups in total. The molecule has 2 heterocycles. The van der Waals surface area contributed by atoms with Crippen molar-refractivity contribution in [3.8, 4) is 0 Å². The average Bonchev–Trinajstić information content (AvgIpc) is 3.05. The molecule has 0 fully saturated rings. The summed E-state index contributed by atoms with van der Waals surface area (Å²) in [5.74, 6) is -0.230. The first-order valence-corrected chi connectivity index (χ1v) is 8.56. The predicted molar refractivity (Wildman–Crippen MR) is 95.8 cm³/mol. The number of para-hydroxylation sites is 1. The minimum absolute atomic E-state index is 0.101. The highest BCUT2D eigenvalue weighted by atomic mass is 16.3. The summed E-state index contributed by atoms with van der Waals surface area (Å²) in [7, 11) is 0. The zero-order valence-corrected chi connectivity index (χ0v) is 14.2. The van der Waals surface area contributed by atoms with Crippen molar-refractivity contribution in [3.05, 3.63) is 46.4 Å². The summed E-state index contributed by atoms with van der Waals surface area (Å²) in [5, 5.41) is 14.1. The van der Waals surface area contributed by atoms with E-state index in [2.05, 4.69) is 17.0 Å². The van der Waals surface area contributed by atoms with Crippen molar-refractivity contribution in [1.29, 1.82) is 0 Å².